The van der Waals surface area contributed by atoms with Crippen LogP contribution in [0.1, 0.15) is 12.8 Å². The Morgan fingerprint density at radius 1 is 1.33 bits per heavy atom. The Morgan fingerprint density at radius 3 is 2.61 bits per heavy atom. The molecule has 0 spiro atoms. The Morgan fingerprint density at radius 2 is 2.00 bits per heavy atom. The summed E-state index contributed by atoms with van der Waals surface area (Å²) in [6.45, 7) is 1.26. The van der Waals surface area contributed by atoms with Gasteiger partial charge in [-0.1, -0.05) is 15.9 Å². The van der Waals surface area contributed by atoms with Gasteiger partial charge >= 0.3 is 0 Å². The number of halogens is 2. The second-order valence-corrected chi connectivity index (χ2v) is 7.41. The summed E-state index contributed by atoms with van der Waals surface area (Å²) in [5, 5.41) is 0. The van der Waals surface area contributed by atoms with E-state index in [4.69, 9.17) is 20.2 Å². The van der Waals surface area contributed by atoms with Crippen molar-refractivity contribution in [2.24, 2.45) is 0 Å². The maximum atomic E-state index is 11.5. The van der Waals surface area contributed by atoms with Crippen LogP contribution in [0.5, 0.6) is 5.75 Å². The lowest BCUT2D eigenvalue weighted by molar-refractivity contribution is 0.0244. The molecule has 0 N–H and O–H groups in total. The van der Waals surface area contributed by atoms with E-state index in [-0.39, 0.29) is 11.0 Å². The maximum Gasteiger partial charge on any atom is 0.265 e. The molecule has 0 atom stereocenters. The Labute approximate surface area is 119 Å². The zero-order valence-electron chi connectivity index (χ0n) is 9.43. The fourth-order valence-electron chi connectivity index (χ4n) is 1.74. The smallest absolute Gasteiger partial charge is 0.265 e. The maximum absolute atomic E-state index is 11.5. The molecule has 100 valence electrons. The Balaban J connectivity index is 2.26. The summed E-state index contributed by atoms with van der Waals surface area (Å²) in [5.74, 6) is 0.292. The molecule has 18 heavy (non-hydrogen) atoms. The number of hydrogen-bond acceptors (Lipinski definition) is 4. The van der Waals surface area contributed by atoms with Crippen LogP contribution in [0.25, 0.3) is 0 Å². The molecule has 4 nitrogen and oxygen atoms in total. The molecule has 0 amide bonds. The number of hydrogen-bond donors (Lipinski definition) is 0. The quantitative estimate of drug-likeness (QED) is 0.782. The highest BCUT2D eigenvalue weighted by Crippen LogP contribution is 2.31. The van der Waals surface area contributed by atoms with Crippen molar-refractivity contribution in [1.82, 2.24) is 0 Å². The first-order chi connectivity index (χ1) is 8.47. The molecule has 0 unspecified atom stereocenters. The van der Waals surface area contributed by atoms with Crippen molar-refractivity contribution in [2.45, 2.75) is 23.8 Å². The molecule has 0 aromatic heterocycles. The minimum atomic E-state index is -3.82. The Bertz CT molecular complexity index is 526. The van der Waals surface area contributed by atoms with E-state index in [1.165, 1.54) is 6.07 Å². The number of rotatable bonds is 3. The van der Waals surface area contributed by atoms with Crippen LogP contribution in [0.2, 0.25) is 0 Å². The van der Waals surface area contributed by atoms with Gasteiger partial charge in [-0.15, -0.1) is 0 Å². The van der Waals surface area contributed by atoms with Crippen molar-refractivity contribution in [2.75, 3.05) is 13.2 Å². The van der Waals surface area contributed by atoms with Gasteiger partial charge in [0.05, 0.1) is 13.2 Å². The second kappa shape index (κ2) is 5.77. The molecule has 0 aliphatic carbocycles. The summed E-state index contributed by atoms with van der Waals surface area (Å²) in [7, 11) is 1.58. The van der Waals surface area contributed by atoms with E-state index in [2.05, 4.69) is 15.9 Å². The molecule has 0 bridgehead atoms. The van der Waals surface area contributed by atoms with Crippen LogP contribution in [0.3, 0.4) is 0 Å². The molecule has 7 heteroatoms. The zero-order valence-corrected chi connectivity index (χ0v) is 12.6. The molecule has 0 radical (unpaired) electrons. The Kier molecular flexibility index (Phi) is 4.53. The molecule has 0 saturated carbocycles. The summed E-state index contributed by atoms with van der Waals surface area (Å²) >= 11 is 3.22. The first kappa shape index (κ1) is 14.1. The van der Waals surface area contributed by atoms with Gasteiger partial charge in [-0.3, -0.25) is 0 Å². The predicted molar refractivity (Wildman–Crippen MR) is 71.6 cm³/mol. The first-order valence-electron chi connectivity index (χ1n) is 5.45. The summed E-state index contributed by atoms with van der Waals surface area (Å²) < 4.78 is 34.5. The largest absolute Gasteiger partial charge is 0.489 e. The molecule has 1 fully saturated rings. The van der Waals surface area contributed by atoms with Gasteiger partial charge in [0.2, 0.25) is 0 Å². The van der Waals surface area contributed by atoms with E-state index < -0.39 is 9.05 Å². The third-order valence-electron chi connectivity index (χ3n) is 2.63. The topological polar surface area (TPSA) is 52.6 Å². The van der Waals surface area contributed by atoms with Gasteiger partial charge in [0.15, 0.2) is 0 Å². The highest BCUT2D eigenvalue weighted by Gasteiger charge is 2.21. The van der Waals surface area contributed by atoms with Crippen LogP contribution in [0, 0.1) is 0 Å². The van der Waals surface area contributed by atoms with Crippen LogP contribution in [-0.4, -0.2) is 27.7 Å². The van der Waals surface area contributed by atoms with Crippen molar-refractivity contribution in [3.8, 4) is 5.75 Å². The molecular formula is C11H12BrClO4S. The summed E-state index contributed by atoms with van der Waals surface area (Å²) in [6, 6.07) is 4.77. The number of ether oxygens (including phenoxy) is 2. The van der Waals surface area contributed by atoms with Gasteiger partial charge in [-0.2, -0.15) is 0 Å². The van der Waals surface area contributed by atoms with E-state index in [9.17, 15) is 8.42 Å². The third kappa shape index (κ3) is 3.60. The van der Waals surface area contributed by atoms with E-state index >= 15 is 0 Å². The molecule has 1 aromatic rings. The normalized spacial score (nSPS) is 17.7. The van der Waals surface area contributed by atoms with E-state index in [1.54, 1.807) is 12.1 Å². The summed E-state index contributed by atoms with van der Waals surface area (Å²) in [5.41, 5.74) is 0. The minimum Gasteiger partial charge on any atom is -0.489 e. The van der Waals surface area contributed by atoms with Crippen molar-refractivity contribution >= 4 is 35.7 Å². The lowest BCUT2D eigenvalue weighted by atomic mass is 10.1. The molecular weight excluding hydrogens is 344 g/mol. The fraction of sp³-hybridized carbons (Fsp3) is 0.455. The van der Waals surface area contributed by atoms with Crippen LogP contribution >= 0.6 is 26.6 Å². The van der Waals surface area contributed by atoms with Crippen LogP contribution in [-0.2, 0) is 13.8 Å². The van der Waals surface area contributed by atoms with Gasteiger partial charge in [0, 0.05) is 28.0 Å². The lowest BCUT2D eigenvalue weighted by Crippen LogP contribution is -2.26. The first-order valence-corrected chi connectivity index (χ1v) is 8.55. The molecule has 1 aliphatic heterocycles. The average Bonchev–Trinajstić information content (AvgIpc) is 2.31. The molecule has 1 aromatic carbocycles. The Hall–Kier alpha value is -0.300. The average molecular weight is 356 g/mol. The highest BCUT2D eigenvalue weighted by atomic mass is 79.9. The van der Waals surface area contributed by atoms with Crippen molar-refractivity contribution in [3.05, 3.63) is 22.7 Å². The van der Waals surface area contributed by atoms with Crippen molar-refractivity contribution in [3.63, 3.8) is 0 Å². The van der Waals surface area contributed by atoms with Crippen molar-refractivity contribution < 1.29 is 17.9 Å². The molecule has 1 aliphatic rings. The summed E-state index contributed by atoms with van der Waals surface area (Å²) in [6.07, 6.45) is 1.47. The van der Waals surface area contributed by atoms with E-state index in [0.29, 0.717) is 23.4 Å². The van der Waals surface area contributed by atoms with Crippen LogP contribution in [0.4, 0.5) is 0 Å². The number of benzene rings is 1. The summed E-state index contributed by atoms with van der Waals surface area (Å²) in [4.78, 5) is -0.00923. The van der Waals surface area contributed by atoms with Gasteiger partial charge < -0.3 is 9.47 Å². The SMILES string of the molecule is O=S(=O)(Cl)c1cc(Br)ccc1OC1CCOCC1. The van der Waals surface area contributed by atoms with Gasteiger partial charge in [0.25, 0.3) is 9.05 Å². The molecule has 1 heterocycles. The lowest BCUT2D eigenvalue weighted by Gasteiger charge is -2.24. The highest BCUT2D eigenvalue weighted by molar-refractivity contribution is 9.10. The second-order valence-electron chi connectivity index (χ2n) is 3.96. The molecule has 2 rings (SSSR count). The van der Waals surface area contributed by atoms with Crippen LogP contribution in [0.15, 0.2) is 27.6 Å². The molecule has 1 saturated heterocycles. The van der Waals surface area contributed by atoms with Gasteiger partial charge in [-0.25, -0.2) is 8.42 Å². The zero-order chi connectivity index (χ0) is 13.2. The van der Waals surface area contributed by atoms with Crippen molar-refractivity contribution in [1.29, 1.82) is 0 Å². The van der Waals surface area contributed by atoms with E-state index in [0.717, 1.165) is 12.8 Å². The van der Waals surface area contributed by atoms with Gasteiger partial charge in [-0.05, 0) is 18.2 Å². The predicted octanol–water partition coefficient (Wildman–Crippen LogP) is 2.93. The fourth-order valence-corrected chi connectivity index (χ4v) is 3.24. The standard InChI is InChI=1S/C11H12BrClO4S/c12-8-1-2-10(11(7-8)18(13,14)15)17-9-3-5-16-6-4-9/h1-2,7,9H,3-6H2. The minimum absolute atomic E-state index is 0.00923. The van der Waals surface area contributed by atoms with Crippen LogP contribution < -0.4 is 4.74 Å². The van der Waals surface area contributed by atoms with Gasteiger partial charge in [0.1, 0.15) is 16.7 Å². The monoisotopic (exact) mass is 354 g/mol. The third-order valence-corrected chi connectivity index (χ3v) is 4.47. The van der Waals surface area contributed by atoms with E-state index in [1.807, 2.05) is 0 Å².